The predicted molar refractivity (Wildman–Crippen MR) is 155 cm³/mol. The summed E-state index contributed by atoms with van der Waals surface area (Å²) in [6.45, 7) is 5.00. The number of aliphatic hydroxyl groups excluding tert-OH is 1. The fraction of sp³-hybridized carbons (Fsp3) is 0.818. The Morgan fingerprint density at radius 2 is 1.62 bits per heavy atom. The van der Waals surface area contributed by atoms with Crippen LogP contribution in [0.3, 0.4) is 0 Å². The number of hydrogen-bond donors (Lipinski definition) is 2. The van der Waals surface area contributed by atoms with Gasteiger partial charge in [-0.05, 0) is 74.7 Å². The largest absolute Gasteiger partial charge is 0.462 e. The number of nitrogens with one attached hydrogen (secondary N) is 1. The van der Waals surface area contributed by atoms with Gasteiger partial charge in [-0.3, -0.25) is 9.59 Å². The quantitative estimate of drug-likeness (QED) is 0.331. The fourth-order valence-corrected chi connectivity index (χ4v) is 8.14. The maximum atomic E-state index is 14.4. The van der Waals surface area contributed by atoms with Crippen molar-refractivity contribution in [3.05, 3.63) is 22.5 Å². The van der Waals surface area contributed by atoms with Gasteiger partial charge in [-0.2, -0.15) is 0 Å². The van der Waals surface area contributed by atoms with Crippen molar-refractivity contribution in [1.29, 1.82) is 0 Å². The summed E-state index contributed by atoms with van der Waals surface area (Å²) in [5, 5.41) is 13.7. The van der Waals surface area contributed by atoms with Gasteiger partial charge in [0.05, 0.1) is 18.1 Å². The highest BCUT2D eigenvalue weighted by molar-refractivity contribution is 5.98. The zero-order valence-corrected chi connectivity index (χ0v) is 24.8. The first-order valence-corrected chi connectivity index (χ1v) is 16.4. The molecule has 2 N–H and O–H groups in total. The van der Waals surface area contributed by atoms with Gasteiger partial charge in [0.2, 0.25) is 0 Å². The van der Waals surface area contributed by atoms with E-state index in [4.69, 9.17) is 4.74 Å². The van der Waals surface area contributed by atoms with Crippen molar-refractivity contribution in [3.8, 4) is 0 Å². The van der Waals surface area contributed by atoms with Crippen molar-refractivity contribution >= 4 is 11.9 Å². The Balaban J connectivity index is 1.58. The molecule has 4 fully saturated rings. The highest BCUT2D eigenvalue weighted by Crippen LogP contribution is 2.47. The summed E-state index contributed by atoms with van der Waals surface area (Å²) in [5.41, 5.74) is 4.50. The van der Waals surface area contributed by atoms with Gasteiger partial charge in [0.15, 0.2) is 0 Å². The zero-order valence-electron chi connectivity index (χ0n) is 24.8. The summed E-state index contributed by atoms with van der Waals surface area (Å²) >= 11 is 0. The standard InChI is InChI=1S/C33H51FN2O4/c1-21(2)31-30(33(39)35-25-11-7-4-8-12-25)29(22-9-5-3-6-10-22)32(23-13-15-24(34)16-14-23)36(31)18-17-27-19-26(37)20-28(38)40-27/h21-27,37H,3-20H2,1-2H3,(H,35,39). The van der Waals surface area contributed by atoms with Crippen LogP contribution in [0.1, 0.15) is 168 Å². The summed E-state index contributed by atoms with van der Waals surface area (Å²) in [7, 11) is 0. The molecule has 0 aromatic carbocycles. The molecule has 1 aromatic heterocycles. The third-order valence-corrected chi connectivity index (χ3v) is 10.1. The first kappa shape index (κ1) is 29.6. The van der Waals surface area contributed by atoms with Crippen LogP contribution < -0.4 is 5.32 Å². The van der Waals surface area contributed by atoms with E-state index < -0.39 is 12.3 Å². The number of hydrogen-bond acceptors (Lipinski definition) is 4. The Hall–Kier alpha value is -1.89. The second kappa shape index (κ2) is 13.4. The van der Waals surface area contributed by atoms with E-state index in [0.29, 0.717) is 38.1 Å². The van der Waals surface area contributed by atoms with E-state index in [2.05, 4.69) is 23.7 Å². The molecule has 1 amide bonds. The van der Waals surface area contributed by atoms with Crippen LogP contribution in [0, 0.1) is 0 Å². The molecule has 0 spiro atoms. The third-order valence-electron chi connectivity index (χ3n) is 10.1. The van der Waals surface area contributed by atoms with E-state index in [9.17, 15) is 19.1 Å². The minimum atomic E-state index is -0.737. The highest BCUT2D eigenvalue weighted by Gasteiger charge is 2.38. The summed E-state index contributed by atoms with van der Waals surface area (Å²) in [6, 6.07) is 0.234. The maximum Gasteiger partial charge on any atom is 0.308 e. The minimum absolute atomic E-state index is 0.0618. The summed E-state index contributed by atoms with van der Waals surface area (Å²) in [4.78, 5) is 26.4. The second-order valence-corrected chi connectivity index (χ2v) is 13.5. The monoisotopic (exact) mass is 558 g/mol. The number of rotatable bonds is 8. The molecule has 0 radical (unpaired) electrons. The van der Waals surface area contributed by atoms with Gasteiger partial charge in [0.25, 0.3) is 5.91 Å². The van der Waals surface area contributed by atoms with Gasteiger partial charge < -0.3 is 19.7 Å². The lowest BCUT2D eigenvalue weighted by molar-refractivity contribution is -0.160. The van der Waals surface area contributed by atoms with E-state index in [0.717, 1.165) is 49.8 Å². The molecule has 5 rings (SSSR count). The van der Waals surface area contributed by atoms with E-state index in [1.165, 1.54) is 49.8 Å². The van der Waals surface area contributed by atoms with Crippen LogP contribution in [0.4, 0.5) is 4.39 Å². The molecule has 1 aromatic rings. The molecule has 3 aliphatic carbocycles. The molecular weight excluding hydrogens is 507 g/mol. The van der Waals surface area contributed by atoms with Crippen molar-refractivity contribution in [1.82, 2.24) is 9.88 Å². The molecule has 40 heavy (non-hydrogen) atoms. The average molecular weight is 559 g/mol. The number of amides is 1. The summed E-state index contributed by atoms with van der Waals surface area (Å²) in [6.07, 6.45) is 13.7. The van der Waals surface area contributed by atoms with Crippen molar-refractivity contribution < 1.29 is 23.8 Å². The van der Waals surface area contributed by atoms with Crippen LogP contribution >= 0.6 is 0 Å². The SMILES string of the molecule is CC(C)c1c(C(=O)NC2CCCCC2)c(C2CCCCC2)c(C2CCC(F)CC2)n1CCC1CC(O)CC(=O)O1. The highest BCUT2D eigenvalue weighted by atomic mass is 19.1. The number of ether oxygens (including phenoxy) is 1. The van der Waals surface area contributed by atoms with Gasteiger partial charge in [-0.15, -0.1) is 0 Å². The van der Waals surface area contributed by atoms with Crippen LogP contribution in [0.15, 0.2) is 0 Å². The van der Waals surface area contributed by atoms with E-state index >= 15 is 0 Å². The lowest BCUT2D eigenvalue weighted by Crippen LogP contribution is -2.37. The maximum absolute atomic E-state index is 14.4. The van der Waals surface area contributed by atoms with Gasteiger partial charge in [0, 0.05) is 36.8 Å². The molecule has 2 heterocycles. The molecule has 2 atom stereocenters. The minimum Gasteiger partial charge on any atom is -0.462 e. The Morgan fingerprint density at radius 1 is 0.975 bits per heavy atom. The van der Waals surface area contributed by atoms with Crippen molar-refractivity contribution in [2.45, 2.75) is 172 Å². The number of carbonyl (C=O) groups excluding carboxylic acids is 2. The second-order valence-electron chi connectivity index (χ2n) is 13.5. The number of halogens is 1. The van der Waals surface area contributed by atoms with Gasteiger partial charge in [-0.25, -0.2) is 4.39 Å². The van der Waals surface area contributed by atoms with Gasteiger partial charge in [-0.1, -0.05) is 52.4 Å². The number of cyclic esters (lactones) is 1. The topological polar surface area (TPSA) is 80.6 Å². The molecule has 3 saturated carbocycles. The number of nitrogens with zero attached hydrogens (tertiary/aromatic N) is 1. The van der Waals surface area contributed by atoms with Crippen LogP contribution in [-0.2, 0) is 16.1 Å². The Bertz CT molecular complexity index is 1020. The first-order valence-electron chi connectivity index (χ1n) is 16.4. The lowest BCUT2D eigenvalue weighted by Gasteiger charge is -2.31. The number of carbonyl (C=O) groups is 2. The van der Waals surface area contributed by atoms with Crippen LogP contribution in [0.5, 0.6) is 0 Å². The van der Waals surface area contributed by atoms with Gasteiger partial charge in [0.1, 0.15) is 12.3 Å². The predicted octanol–water partition coefficient (Wildman–Crippen LogP) is 7.17. The smallest absolute Gasteiger partial charge is 0.308 e. The molecule has 0 bridgehead atoms. The van der Waals surface area contributed by atoms with Crippen LogP contribution in [0.25, 0.3) is 0 Å². The van der Waals surface area contributed by atoms with E-state index in [-0.39, 0.29) is 42.3 Å². The molecule has 1 saturated heterocycles. The molecule has 6 nitrogen and oxygen atoms in total. The number of alkyl halides is 1. The Morgan fingerprint density at radius 3 is 2.25 bits per heavy atom. The molecule has 7 heteroatoms. The van der Waals surface area contributed by atoms with Crippen LogP contribution in [-0.4, -0.2) is 46.0 Å². The van der Waals surface area contributed by atoms with Crippen LogP contribution in [0.2, 0.25) is 0 Å². The Kier molecular flexibility index (Phi) is 9.91. The fourth-order valence-electron chi connectivity index (χ4n) is 8.14. The Labute approximate surface area is 239 Å². The first-order chi connectivity index (χ1) is 19.3. The number of esters is 1. The molecule has 4 aliphatic rings. The molecule has 1 aliphatic heterocycles. The average Bonchev–Trinajstić information content (AvgIpc) is 3.28. The van der Waals surface area contributed by atoms with Gasteiger partial charge >= 0.3 is 5.97 Å². The van der Waals surface area contributed by atoms with Crippen molar-refractivity contribution in [3.63, 3.8) is 0 Å². The molecule has 2 unspecified atom stereocenters. The number of aliphatic hydroxyl groups is 1. The number of aromatic nitrogens is 1. The summed E-state index contributed by atoms with van der Waals surface area (Å²) in [5.74, 6) is 0.469. The molecular formula is C33H51FN2O4. The normalized spacial score (nSPS) is 29.0. The third kappa shape index (κ3) is 6.77. The summed E-state index contributed by atoms with van der Waals surface area (Å²) < 4.78 is 22.4. The lowest BCUT2D eigenvalue weighted by atomic mass is 9.77. The zero-order chi connectivity index (χ0) is 28.2. The van der Waals surface area contributed by atoms with E-state index in [1.54, 1.807) is 0 Å². The molecule has 224 valence electrons. The van der Waals surface area contributed by atoms with Crippen molar-refractivity contribution in [2.75, 3.05) is 0 Å². The van der Waals surface area contributed by atoms with Crippen molar-refractivity contribution in [2.24, 2.45) is 0 Å². The van der Waals surface area contributed by atoms with E-state index in [1.807, 2.05) is 0 Å².